The number of nitrogens with zero attached hydrogens (tertiary/aromatic N) is 1. The first-order valence-corrected chi connectivity index (χ1v) is 9.90. The minimum absolute atomic E-state index is 0.0297. The number of aromatic hydroxyl groups is 1. The molecule has 144 valence electrons. The molecule has 0 aliphatic carbocycles. The molecule has 0 saturated carbocycles. The van der Waals surface area contributed by atoms with E-state index in [9.17, 15) is 15.0 Å². The van der Waals surface area contributed by atoms with Crippen molar-refractivity contribution in [1.29, 1.82) is 0 Å². The Kier molecular flexibility index (Phi) is 8.27. The fraction of sp³-hybridized carbons (Fsp3) is 0.263. The monoisotopic (exact) mass is 498 g/mol. The molecule has 0 aliphatic heterocycles. The number of ether oxygens (including phenoxy) is 1. The number of nitrogens with one attached hydrogen (secondary N) is 1. The number of hydrazone groups is 1. The van der Waals surface area contributed by atoms with Gasteiger partial charge in [0.15, 0.2) is 0 Å². The van der Waals surface area contributed by atoms with Crippen molar-refractivity contribution in [3.05, 3.63) is 56.5 Å². The molecule has 2 rings (SSSR count). The molecule has 27 heavy (non-hydrogen) atoms. The molecule has 0 saturated heterocycles. The summed E-state index contributed by atoms with van der Waals surface area (Å²) in [5, 5.41) is 24.0. The van der Waals surface area contributed by atoms with E-state index in [4.69, 9.17) is 4.74 Å². The fourth-order valence-corrected chi connectivity index (χ4v) is 3.56. The number of rotatable bonds is 8. The van der Waals surface area contributed by atoms with Crippen molar-refractivity contribution in [2.75, 3.05) is 6.61 Å². The second kappa shape index (κ2) is 10.4. The molecular formula is C19H20Br2N2O4. The first kappa shape index (κ1) is 21.4. The molecule has 0 aliphatic rings. The Balaban J connectivity index is 1.83. The van der Waals surface area contributed by atoms with Crippen LogP contribution in [0.4, 0.5) is 0 Å². The van der Waals surface area contributed by atoms with Crippen molar-refractivity contribution in [2.45, 2.75) is 25.9 Å². The molecule has 0 aromatic heterocycles. The van der Waals surface area contributed by atoms with Crippen molar-refractivity contribution in [3.63, 3.8) is 0 Å². The van der Waals surface area contributed by atoms with Crippen molar-refractivity contribution in [1.82, 2.24) is 5.43 Å². The SMILES string of the molecule is CCOc1ccc(C(O)CCC(=O)N/N=C\c2cc(Br)cc(Br)c2O)cc1. The summed E-state index contributed by atoms with van der Waals surface area (Å²) in [6.45, 7) is 2.48. The molecule has 6 nitrogen and oxygen atoms in total. The third kappa shape index (κ3) is 6.64. The van der Waals surface area contributed by atoms with Crippen LogP contribution >= 0.6 is 31.9 Å². The van der Waals surface area contributed by atoms with Gasteiger partial charge in [-0.1, -0.05) is 28.1 Å². The van der Waals surface area contributed by atoms with Gasteiger partial charge < -0.3 is 14.9 Å². The first-order valence-electron chi connectivity index (χ1n) is 8.31. The highest BCUT2D eigenvalue weighted by Gasteiger charge is 2.11. The molecule has 8 heteroatoms. The van der Waals surface area contributed by atoms with E-state index in [-0.39, 0.29) is 24.5 Å². The maximum Gasteiger partial charge on any atom is 0.240 e. The third-order valence-electron chi connectivity index (χ3n) is 3.67. The molecule has 1 unspecified atom stereocenters. The van der Waals surface area contributed by atoms with Gasteiger partial charge in [-0.25, -0.2) is 5.43 Å². The van der Waals surface area contributed by atoms with Crippen LogP contribution in [-0.2, 0) is 4.79 Å². The predicted molar refractivity (Wildman–Crippen MR) is 111 cm³/mol. The number of phenolic OH excluding ortho intramolecular Hbond substituents is 1. The van der Waals surface area contributed by atoms with Crippen molar-refractivity contribution in [2.24, 2.45) is 5.10 Å². The zero-order valence-corrected chi connectivity index (χ0v) is 17.8. The number of hydrogen-bond acceptors (Lipinski definition) is 5. The summed E-state index contributed by atoms with van der Waals surface area (Å²) >= 11 is 6.55. The smallest absolute Gasteiger partial charge is 0.240 e. The van der Waals surface area contributed by atoms with E-state index >= 15 is 0 Å². The normalized spacial score (nSPS) is 12.1. The van der Waals surface area contributed by atoms with Gasteiger partial charge in [-0.15, -0.1) is 0 Å². The second-order valence-corrected chi connectivity index (χ2v) is 7.45. The average molecular weight is 500 g/mol. The minimum Gasteiger partial charge on any atom is -0.506 e. The van der Waals surface area contributed by atoms with Crippen LogP contribution in [0.1, 0.15) is 37.0 Å². The number of carbonyl (C=O) groups is 1. The standard InChI is InChI=1S/C19H20Br2N2O4/c1-2-27-15-5-3-12(4-6-15)17(24)7-8-18(25)23-22-11-13-9-14(20)10-16(21)19(13)26/h3-6,9-11,17,24,26H,2,7-8H2,1H3,(H,23,25)/b22-11-. The van der Waals surface area contributed by atoms with Crippen molar-refractivity contribution in [3.8, 4) is 11.5 Å². The second-order valence-electron chi connectivity index (χ2n) is 5.68. The summed E-state index contributed by atoms with van der Waals surface area (Å²) in [6, 6.07) is 10.5. The van der Waals surface area contributed by atoms with Gasteiger partial charge in [0, 0.05) is 16.5 Å². The zero-order valence-electron chi connectivity index (χ0n) is 14.7. The fourth-order valence-electron chi connectivity index (χ4n) is 2.30. The van der Waals surface area contributed by atoms with Crippen molar-refractivity contribution >= 4 is 44.0 Å². The maximum atomic E-state index is 11.9. The third-order valence-corrected chi connectivity index (χ3v) is 4.73. The van der Waals surface area contributed by atoms with E-state index in [0.29, 0.717) is 16.6 Å². The Morgan fingerprint density at radius 2 is 2.00 bits per heavy atom. The minimum atomic E-state index is -0.750. The lowest BCUT2D eigenvalue weighted by molar-refractivity contribution is -0.121. The number of phenols is 1. The Labute approximate surface area is 174 Å². The first-order chi connectivity index (χ1) is 12.9. The lowest BCUT2D eigenvalue weighted by atomic mass is 10.0. The summed E-state index contributed by atoms with van der Waals surface area (Å²) in [7, 11) is 0. The average Bonchev–Trinajstić information content (AvgIpc) is 2.64. The largest absolute Gasteiger partial charge is 0.506 e. The van der Waals surface area contributed by atoms with Gasteiger partial charge in [0.2, 0.25) is 5.91 Å². The summed E-state index contributed by atoms with van der Waals surface area (Å²) in [4.78, 5) is 11.9. The molecule has 0 fully saturated rings. The molecule has 0 bridgehead atoms. The van der Waals surface area contributed by atoms with Crippen LogP contribution in [0.3, 0.4) is 0 Å². The van der Waals surface area contributed by atoms with Gasteiger partial charge in [-0.2, -0.15) is 5.10 Å². The molecule has 1 atom stereocenters. The van der Waals surface area contributed by atoms with Gasteiger partial charge in [0.1, 0.15) is 11.5 Å². The van der Waals surface area contributed by atoms with Gasteiger partial charge in [0.25, 0.3) is 0 Å². The van der Waals surface area contributed by atoms with Crippen LogP contribution in [0.5, 0.6) is 11.5 Å². The summed E-state index contributed by atoms with van der Waals surface area (Å²) in [6.07, 6.45) is 0.981. The van der Waals surface area contributed by atoms with Gasteiger partial charge in [-0.05, 0) is 59.1 Å². The molecular weight excluding hydrogens is 480 g/mol. The van der Waals surface area contributed by atoms with Gasteiger partial charge >= 0.3 is 0 Å². The number of amides is 1. The Morgan fingerprint density at radius 3 is 2.67 bits per heavy atom. The summed E-state index contributed by atoms with van der Waals surface area (Å²) in [5.74, 6) is 0.440. The topological polar surface area (TPSA) is 91.2 Å². The summed E-state index contributed by atoms with van der Waals surface area (Å²) < 4.78 is 6.64. The Bertz CT molecular complexity index is 810. The van der Waals surface area contributed by atoms with E-state index in [0.717, 1.165) is 15.8 Å². The van der Waals surface area contributed by atoms with Crippen LogP contribution in [0.25, 0.3) is 0 Å². The van der Waals surface area contributed by atoms with E-state index in [2.05, 4.69) is 42.4 Å². The van der Waals surface area contributed by atoms with Crippen LogP contribution in [0.15, 0.2) is 50.4 Å². The van der Waals surface area contributed by atoms with Crippen LogP contribution in [0.2, 0.25) is 0 Å². The van der Waals surface area contributed by atoms with E-state index in [1.165, 1.54) is 6.21 Å². The van der Waals surface area contributed by atoms with E-state index in [1.54, 1.807) is 36.4 Å². The number of hydrogen-bond donors (Lipinski definition) is 3. The van der Waals surface area contributed by atoms with E-state index < -0.39 is 6.10 Å². The number of carbonyl (C=O) groups excluding carboxylic acids is 1. The lowest BCUT2D eigenvalue weighted by Gasteiger charge is -2.11. The van der Waals surface area contributed by atoms with E-state index in [1.807, 2.05) is 6.92 Å². The molecule has 2 aromatic rings. The molecule has 0 radical (unpaired) electrons. The molecule has 3 N–H and O–H groups in total. The Hall–Kier alpha value is -1.90. The number of aliphatic hydroxyl groups is 1. The number of halogens is 2. The highest BCUT2D eigenvalue weighted by Crippen LogP contribution is 2.30. The number of aliphatic hydroxyl groups excluding tert-OH is 1. The van der Waals surface area contributed by atoms with Crippen LogP contribution < -0.4 is 10.2 Å². The van der Waals surface area contributed by atoms with Crippen LogP contribution in [0, 0.1) is 0 Å². The molecule has 0 spiro atoms. The number of benzene rings is 2. The summed E-state index contributed by atoms with van der Waals surface area (Å²) in [5.41, 5.74) is 3.56. The predicted octanol–water partition coefficient (Wildman–Crippen LogP) is 4.28. The molecule has 2 aromatic carbocycles. The van der Waals surface area contributed by atoms with Gasteiger partial charge in [-0.3, -0.25) is 4.79 Å². The lowest BCUT2D eigenvalue weighted by Crippen LogP contribution is -2.18. The highest BCUT2D eigenvalue weighted by molar-refractivity contribution is 9.11. The quantitative estimate of drug-likeness (QED) is 0.373. The van der Waals surface area contributed by atoms with Crippen LogP contribution in [-0.4, -0.2) is 28.9 Å². The van der Waals surface area contributed by atoms with Crippen molar-refractivity contribution < 1.29 is 19.7 Å². The zero-order chi connectivity index (χ0) is 19.8. The van der Waals surface area contributed by atoms with Gasteiger partial charge in [0.05, 0.1) is 23.4 Å². The maximum absolute atomic E-state index is 11.9. The Morgan fingerprint density at radius 1 is 1.30 bits per heavy atom. The highest BCUT2D eigenvalue weighted by atomic mass is 79.9. The molecule has 1 amide bonds. The molecule has 0 heterocycles.